The van der Waals surface area contributed by atoms with E-state index in [0.717, 1.165) is 0 Å². The number of aromatic nitrogens is 2. The molecule has 0 saturated carbocycles. The molecule has 0 bridgehead atoms. The van der Waals surface area contributed by atoms with Crippen molar-refractivity contribution in [3.63, 3.8) is 0 Å². The van der Waals surface area contributed by atoms with Gasteiger partial charge >= 0.3 is 0 Å². The van der Waals surface area contributed by atoms with Crippen molar-refractivity contribution in [2.75, 3.05) is 5.01 Å². The van der Waals surface area contributed by atoms with Gasteiger partial charge in [-0.3, -0.25) is 4.98 Å². The van der Waals surface area contributed by atoms with Crippen LogP contribution in [0.25, 0.3) is 0 Å². The van der Waals surface area contributed by atoms with E-state index in [4.69, 9.17) is 3.07 Å². The van der Waals surface area contributed by atoms with Crippen LogP contribution in [0, 0.1) is 17.2 Å². The van der Waals surface area contributed by atoms with Gasteiger partial charge in [0.2, 0.25) is 0 Å². The average Bonchev–Trinajstić information content (AvgIpc) is 2.94. The number of rotatable bonds is 4. The van der Waals surface area contributed by atoms with Gasteiger partial charge in [-0.2, -0.15) is 10.4 Å². The van der Waals surface area contributed by atoms with Crippen molar-refractivity contribution in [2.45, 2.75) is 12.3 Å². The number of nitriles is 1. The SMILES string of the molecule is N#CC1=NN(c2ccccn2)C(O)C1C(OI)c1ccccn1. The molecule has 3 atom stereocenters. The van der Waals surface area contributed by atoms with Gasteiger partial charge in [-0.15, -0.1) is 0 Å². The van der Waals surface area contributed by atoms with Crippen LogP contribution in [0.5, 0.6) is 0 Å². The molecular formula is C15H12IN5O2. The lowest BCUT2D eigenvalue weighted by Crippen LogP contribution is -2.37. The minimum Gasteiger partial charge on any atom is -0.371 e. The highest BCUT2D eigenvalue weighted by atomic mass is 127. The second-order valence-electron chi connectivity index (χ2n) is 4.83. The maximum Gasteiger partial charge on any atom is 0.161 e. The normalized spacial score (nSPS) is 21.6. The number of aliphatic hydroxyl groups excluding tert-OH is 1. The monoisotopic (exact) mass is 421 g/mol. The van der Waals surface area contributed by atoms with Crippen LogP contribution in [-0.4, -0.2) is 27.0 Å². The third-order valence-corrected chi connectivity index (χ3v) is 4.05. The lowest BCUT2D eigenvalue weighted by atomic mass is 9.93. The number of aliphatic hydroxyl groups is 1. The molecule has 1 aliphatic rings. The van der Waals surface area contributed by atoms with Crippen molar-refractivity contribution in [2.24, 2.45) is 11.0 Å². The quantitative estimate of drug-likeness (QED) is 0.761. The van der Waals surface area contributed by atoms with Gasteiger partial charge in [-0.25, -0.2) is 9.99 Å². The summed E-state index contributed by atoms with van der Waals surface area (Å²) in [5, 5.41) is 25.6. The van der Waals surface area contributed by atoms with Crippen LogP contribution in [0.1, 0.15) is 11.8 Å². The zero-order valence-corrected chi connectivity index (χ0v) is 14.0. The van der Waals surface area contributed by atoms with Crippen molar-refractivity contribution in [1.82, 2.24) is 9.97 Å². The molecule has 3 heterocycles. The van der Waals surface area contributed by atoms with Crippen LogP contribution in [0.4, 0.5) is 5.82 Å². The number of nitrogens with zero attached hydrogens (tertiary/aromatic N) is 5. The van der Waals surface area contributed by atoms with Crippen molar-refractivity contribution in [3.8, 4) is 6.07 Å². The van der Waals surface area contributed by atoms with Crippen LogP contribution >= 0.6 is 23.0 Å². The van der Waals surface area contributed by atoms with Gasteiger partial charge in [0.15, 0.2) is 12.0 Å². The zero-order valence-electron chi connectivity index (χ0n) is 11.8. The largest absolute Gasteiger partial charge is 0.371 e. The highest BCUT2D eigenvalue weighted by Gasteiger charge is 2.44. The van der Waals surface area contributed by atoms with E-state index < -0.39 is 18.2 Å². The Morgan fingerprint density at radius 1 is 1.22 bits per heavy atom. The van der Waals surface area contributed by atoms with E-state index in [9.17, 15) is 10.4 Å². The van der Waals surface area contributed by atoms with Crippen LogP contribution in [0.15, 0.2) is 53.9 Å². The fourth-order valence-electron chi connectivity index (χ4n) is 2.44. The first-order valence-electron chi connectivity index (χ1n) is 6.81. The van der Waals surface area contributed by atoms with Crippen LogP contribution < -0.4 is 5.01 Å². The molecule has 116 valence electrons. The molecule has 2 aromatic heterocycles. The minimum absolute atomic E-state index is 0.176. The van der Waals surface area contributed by atoms with Gasteiger partial charge in [-0.1, -0.05) is 12.1 Å². The number of hydrogen-bond acceptors (Lipinski definition) is 7. The third-order valence-electron chi connectivity index (χ3n) is 3.50. The molecular weight excluding hydrogens is 409 g/mol. The Bertz CT molecular complexity index is 735. The van der Waals surface area contributed by atoms with Crippen LogP contribution in [-0.2, 0) is 3.07 Å². The number of hydrazone groups is 1. The number of pyridine rings is 2. The van der Waals surface area contributed by atoms with Gasteiger partial charge in [0, 0.05) is 12.4 Å². The summed E-state index contributed by atoms with van der Waals surface area (Å²) in [4.78, 5) is 8.42. The highest BCUT2D eigenvalue weighted by Crippen LogP contribution is 2.36. The summed E-state index contributed by atoms with van der Waals surface area (Å²) in [7, 11) is 0. The molecule has 3 unspecified atom stereocenters. The average molecular weight is 421 g/mol. The van der Waals surface area contributed by atoms with Gasteiger partial charge in [0.1, 0.15) is 40.9 Å². The Morgan fingerprint density at radius 3 is 2.52 bits per heavy atom. The first-order chi connectivity index (χ1) is 11.3. The predicted molar refractivity (Wildman–Crippen MR) is 91.3 cm³/mol. The first-order valence-corrected chi connectivity index (χ1v) is 7.69. The van der Waals surface area contributed by atoms with Crippen molar-refractivity contribution < 1.29 is 8.17 Å². The van der Waals surface area contributed by atoms with Crippen LogP contribution in [0.2, 0.25) is 0 Å². The van der Waals surface area contributed by atoms with Gasteiger partial charge in [0.05, 0.1) is 11.6 Å². The Balaban J connectivity index is 1.96. The van der Waals surface area contributed by atoms with Crippen molar-refractivity contribution in [1.29, 1.82) is 5.26 Å². The van der Waals surface area contributed by atoms with Gasteiger partial charge in [-0.05, 0) is 24.3 Å². The molecule has 0 radical (unpaired) electrons. The molecule has 0 saturated heterocycles. The molecule has 8 heteroatoms. The number of anilines is 1. The molecule has 0 amide bonds. The smallest absolute Gasteiger partial charge is 0.161 e. The van der Waals surface area contributed by atoms with Crippen LogP contribution in [0.3, 0.4) is 0 Å². The Morgan fingerprint density at radius 2 is 1.96 bits per heavy atom. The molecule has 0 aliphatic carbocycles. The first kappa shape index (κ1) is 15.8. The predicted octanol–water partition coefficient (Wildman–Crippen LogP) is 2.22. The molecule has 1 N–H and O–H groups in total. The molecule has 0 aromatic carbocycles. The van der Waals surface area contributed by atoms with E-state index in [0.29, 0.717) is 11.5 Å². The highest BCUT2D eigenvalue weighted by molar-refractivity contribution is 14.1. The molecule has 2 aromatic rings. The zero-order chi connectivity index (χ0) is 16.2. The topological polar surface area (TPSA) is 94.6 Å². The lowest BCUT2D eigenvalue weighted by molar-refractivity contribution is 0.0867. The summed E-state index contributed by atoms with van der Waals surface area (Å²) in [5.74, 6) is -0.197. The summed E-state index contributed by atoms with van der Waals surface area (Å²) < 4.78 is 5.48. The molecule has 23 heavy (non-hydrogen) atoms. The fraction of sp³-hybridized carbons (Fsp3) is 0.200. The van der Waals surface area contributed by atoms with E-state index in [1.807, 2.05) is 12.1 Å². The third kappa shape index (κ3) is 3.03. The molecule has 0 spiro atoms. The van der Waals surface area contributed by atoms with Crippen molar-refractivity contribution >= 4 is 34.5 Å². The van der Waals surface area contributed by atoms with Gasteiger partial charge in [0.25, 0.3) is 0 Å². The molecule has 1 aliphatic heterocycles. The molecule has 3 rings (SSSR count). The summed E-state index contributed by atoms with van der Waals surface area (Å²) in [6.07, 6.45) is 1.57. The second-order valence-corrected chi connectivity index (χ2v) is 5.34. The Kier molecular flexibility index (Phi) is 4.80. The van der Waals surface area contributed by atoms with E-state index in [1.165, 1.54) is 5.01 Å². The maximum absolute atomic E-state index is 10.7. The maximum atomic E-state index is 10.7. The minimum atomic E-state index is -1.07. The summed E-state index contributed by atoms with van der Waals surface area (Å²) >= 11 is 1.75. The van der Waals surface area contributed by atoms with E-state index >= 15 is 0 Å². The van der Waals surface area contributed by atoms with E-state index in [-0.39, 0.29) is 5.71 Å². The van der Waals surface area contributed by atoms with Gasteiger partial charge < -0.3 is 8.17 Å². The molecule has 0 fully saturated rings. The summed E-state index contributed by atoms with van der Waals surface area (Å²) in [5.41, 5.74) is 0.798. The summed E-state index contributed by atoms with van der Waals surface area (Å²) in [6.45, 7) is 0. The lowest BCUT2D eigenvalue weighted by Gasteiger charge is -2.26. The molecule has 7 nitrogen and oxygen atoms in total. The van der Waals surface area contributed by atoms with E-state index in [2.05, 4.69) is 15.1 Å². The summed E-state index contributed by atoms with van der Waals surface area (Å²) in [6, 6.07) is 12.7. The Labute approximate surface area is 146 Å². The second kappa shape index (κ2) is 6.99. The standard InChI is InChI=1S/C15H12IN5O2/c16-23-14(10-5-1-3-7-18-10)13-11(9-17)20-21(15(13)22)12-6-2-4-8-19-12/h1-8,13-15,22H. The van der Waals surface area contributed by atoms with Crippen molar-refractivity contribution in [3.05, 3.63) is 54.5 Å². The number of halogens is 1. The fourth-order valence-corrected chi connectivity index (χ4v) is 3.01. The number of hydrogen-bond donors (Lipinski definition) is 1. The Hall–Kier alpha value is -2.09. The van der Waals surface area contributed by atoms with E-state index in [1.54, 1.807) is 65.7 Å².